The van der Waals surface area contributed by atoms with Gasteiger partial charge in [-0.2, -0.15) is 13.2 Å². The first-order valence-electron chi connectivity index (χ1n) is 2.98. The van der Waals surface area contributed by atoms with Crippen LogP contribution in [0.15, 0.2) is 0 Å². The molecule has 3 N–H and O–H groups in total. The van der Waals surface area contributed by atoms with Crippen molar-refractivity contribution < 1.29 is 23.1 Å². The Bertz CT molecular complexity index is 161. The summed E-state index contributed by atoms with van der Waals surface area (Å²) in [6.07, 6.45) is -4.42. The SMILES string of the molecule is NCC(SCC(=O)O)C(F)(F)F. The Morgan fingerprint density at radius 3 is 2.33 bits per heavy atom. The highest BCUT2D eigenvalue weighted by atomic mass is 32.2. The van der Waals surface area contributed by atoms with Gasteiger partial charge in [0.15, 0.2) is 0 Å². The summed E-state index contributed by atoms with van der Waals surface area (Å²) in [5.74, 6) is -1.86. The Morgan fingerprint density at radius 1 is 1.58 bits per heavy atom. The summed E-state index contributed by atoms with van der Waals surface area (Å²) in [7, 11) is 0. The van der Waals surface area contributed by atoms with Gasteiger partial charge in [-0.1, -0.05) is 0 Å². The minimum atomic E-state index is -4.42. The molecule has 0 spiro atoms. The molecule has 0 aromatic carbocycles. The van der Waals surface area contributed by atoms with Crippen molar-refractivity contribution in [3.8, 4) is 0 Å². The van der Waals surface area contributed by atoms with Crippen molar-refractivity contribution in [3.63, 3.8) is 0 Å². The number of alkyl halides is 3. The maximum atomic E-state index is 11.9. The molecule has 72 valence electrons. The summed E-state index contributed by atoms with van der Waals surface area (Å²) in [5, 5.41) is 6.31. The van der Waals surface area contributed by atoms with Crippen LogP contribution in [-0.4, -0.2) is 34.8 Å². The van der Waals surface area contributed by atoms with Crippen molar-refractivity contribution in [2.45, 2.75) is 11.4 Å². The van der Waals surface area contributed by atoms with Gasteiger partial charge in [-0.15, -0.1) is 11.8 Å². The van der Waals surface area contributed by atoms with Gasteiger partial charge < -0.3 is 10.8 Å². The molecule has 7 heteroatoms. The van der Waals surface area contributed by atoms with Crippen LogP contribution in [0.25, 0.3) is 0 Å². The summed E-state index contributed by atoms with van der Waals surface area (Å²) in [6, 6.07) is 0. The zero-order valence-electron chi connectivity index (χ0n) is 5.97. The Balaban J connectivity index is 3.92. The Hall–Kier alpha value is -0.430. The molecule has 0 amide bonds. The smallest absolute Gasteiger partial charge is 0.401 e. The second-order valence-corrected chi connectivity index (χ2v) is 3.16. The molecule has 0 bridgehead atoms. The fraction of sp³-hybridized carbons (Fsp3) is 0.800. The van der Waals surface area contributed by atoms with Crippen LogP contribution in [-0.2, 0) is 4.79 Å². The van der Waals surface area contributed by atoms with Crippen LogP contribution in [0.3, 0.4) is 0 Å². The van der Waals surface area contributed by atoms with Gasteiger partial charge in [0.1, 0.15) is 5.25 Å². The van der Waals surface area contributed by atoms with Crippen LogP contribution in [0.4, 0.5) is 13.2 Å². The maximum Gasteiger partial charge on any atom is 0.401 e. The van der Waals surface area contributed by atoms with E-state index in [0.29, 0.717) is 0 Å². The number of halogens is 3. The molecule has 0 rings (SSSR count). The van der Waals surface area contributed by atoms with E-state index in [2.05, 4.69) is 0 Å². The van der Waals surface area contributed by atoms with Crippen LogP contribution in [0.2, 0.25) is 0 Å². The van der Waals surface area contributed by atoms with E-state index < -0.39 is 29.7 Å². The summed E-state index contributed by atoms with van der Waals surface area (Å²) >= 11 is 0.287. The van der Waals surface area contributed by atoms with E-state index in [-0.39, 0.29) is 11.8 Å². The highest BCUT2D eigenvalue weighted by molar-refractivity contribution is 8.00. The van der Waals surface area contributed by atoms with Gasteiger partial charge in [-0.25, -0.2) is 0 Å². The Kier molecular flexibility index (Phi) is 4.40. The minimum Gasteiger partial charge on any atom is -0.481 e. The van der Waals surface area contributed by atoms with Crippen molar-refractivity contribution in [1.82, 2.24) is 0 Å². The lowest BCUT2D eigenvalue weighted by atomic mass is 10.4. The van der Waals surface area contributed by atoms with Crippen LogP contribution in [0.1, 0.15) is 0 Å². The first-order chi connectivity index (χ1) is 5.38. The lowest BCUT2D eigenvalue weighted by Gasteiger charge is -2.16. The number of aliphatic carboxylic acids is 1. The van der Waals surface area contributed by atoms with Crippen LogP contribution in [0, 0.1) is 0 Å². The molecule has 0 saturated carbocycles. The second kappa shape index (κ2) is 4.56. The van der Waals surface area contributed by atoms with E-state index in [4.69, 9.17) is 10.8 Å². The monoisotopic (exact) mass is 203 g/mol. The first kappa shape index (κ1) is 11.6. The average Bonchev–Trinajstić information content (AvgIpc) is 1.85. The molecule has 0 heterocycles. The number of carbonyl (C=O) groups is 1. The predicted molar refractivity (Wildman–Crippen MR) is 39.0 cm³/mol. The zero-order chi connectivity index (χ0) is 9.78. The van der Waals surface area contributed by atoms with Gasteiger partial charge in [0, 0.05) is 6.54 Å². The number of hydrogen-bond acceptors (Lipinski definition) is 3. The van der Waals surface area contributed by atoms with Gasteiger partial charge in [-0.3, -0.25) is 4.79 Å². The average molecular weight is 203 g/mol. The van der Waals surface area contributed by atoms with Gasteiger partial charge in [0.25, 0.3) is 0 Å². The quantitative estimate of drug-likeness (QED) is 0.705. The number of nitrogens with two attached hydrogens (primary N) is 1. The zero-order valence-corrected chi connectivity index (χ0v) is 6.78. The molecular weight excluding hydrogens is 195 g/mol. The molecule has 1 unspecified atom stereocenters. The molecule has 0 aromatic heterocycles. The topological polar surface area (TPSA) is 63.3 Å². The van der Waals surface area contributed by atoms with E-state index in [0.717, 1.165) is 0 Å². The lowest BCUT2D eigenvalue weighted by Crippen LogP contribution is -2.33. The van der Waals surface area contributed by atoms with E-state index in [9.17, 15) is 18.0 Å². The maximum absolute atomic E-state index is 11.9. The third kappa shape index (κ3) is 4.45. The number of carboxylic acids is 1. The molecule has 0 aliphatic rings. The van der Waals surface area contributed by atoms with E-state index >= 15 is 0 Å². The molecule has 0 radical (unpaired) electrons. The van der Waals surface area contributed by atoms with E-state index in [1.54, 1.807) is 0 Å². The van der Waals surface area contributed by atoms with Crippen molar-refractivity contribution in [2.24, 2.45) is 5.73 Å². The van der Waals surface area contributed by atoms with Gasteiger partial charge in [0.2, 0.25) is 0 Å². The van der Waals surface area contributed by atoms with Crippen LogP contribution >= 0.6 is 11.8 Å². The number of rotatable bonds is 4. The first-order valence-corrected chi connectivity index (χ1v) is 4.03. The lowest BCUT2D eigenvalue weighted by molar-refractivity contribution is -0.134. The van der Waals surface area contributed by atoms with Gasteiger partial charge in [-0.05, 0) is 0 Å². The van der Waals surface area contributed by atoms with Gasteiger partial charge in [0.05, 0.1) is 5.75 Å². The Labute approximate surface area is 71.1 Å². The van der Waals surface area contributed by atoms with Crippen molar-refractivity contribution in [1.29, 1.82) is 0 Å². The molecule has 0 aliphatic heterocycles. The van der Waals surface area contributed by atoms with Crippen molar-refractivity contribution in [2.75, 3.05) is 12.3 Å². The summed E-state index contributed by atoms with van der Waals surface area (Å²) in [4.78, 5) is 9.92. The molecule has 3 nitrogen and oxygen atoms in total. The fourth-order valence-electron chi connectivity index (χ4n) is 0.468. The summed E-state index contributed by atoms with van der Waals surface area (Å²) < 4.78 is 35.6. The molecule has 0 aromatic rings. The number of thioether (sulfide) groups is 1. The largest absolute Gasteiger partial charge is 0.481 e. The predicted octanol–water partition coefficient (Wildman–Crippen LogP) is 0.694. The molecule has 0 fully saturated rings. The summed E-state index contributed by atoms with van der Waals surface area (Å²) in [5.41, 5.74) is 4.81. The van der Waals surface area contributed by atoms with E-state index in [1.165, 1.54) is 0 Å². The van der Waals surface area contributed by atoms with Gasteiger partial charge >= 0.3 is 12.1 Å². The minimum absolute atomic E-state index is 0.287. The summed E-state index contributed by atoms with van der Waals surface area (Å²) in [6.45, 7) is -0.596. The van der Waals surface area contributed by atoms with Crippen LogP contribution in [0.5, 0.6) is 0 Å². The molecular formula is C5H8F3NO2S. The molecule has 12 heavy (non-hydrogen) atoms. The van der Waals surface area contributed by atoms with Crippen molar-refractivity contribution >= 4 is 17.7 Å². The number of carboxylic acid groups (broad SMARTS) is 1. The molecule has 0 saturated heterocycles. The van der Waals surface area contributed by atoms with Crippen molar-refractivity contribution in [3.05, 3.63) is 0 Å². The molecule has 1 atom stereocenters. The third-order valence-electron chi connectivity index (χ3n) is 0.987. The standard InChI is InChI=1S/C5H8F3NO2S/c6-5(7,8)3(1-9)12-2-4(10)11/h3H,1-2,9H2,(H,10,11). The normalized spacial score (nSPS) is 14.3. The highest BCUT2D eigenvalue weighted by Crippen LogP contribution is 2.29. The highest BCUT2D eigenvalue weighted by Gasteiger charge is 2.39. The van der Waals surface area contributed by atoms with E-state index in [1.807, 2.05) is 0 Å². The Morgan fingerprint density at radius 2 is 2.08 bits per heavy atom. The second-order valence-electron chi connectivity index (χ2n) is 1.97. The molecule has 0 aliphatic carbocycles. The third-order valence-corrected chi connectivity index (χ3v) is 2.26. The van der Waals surface area contributed by atoms with Crippen LogP contribution < -0.4 is 5.73 Å². The number of hydrogen-bond donors (Lipinski definition) is 2. The fourth-order valence-corrected chi connectivity index (χ4v) is 1.14.